The third-order valence-corrected chi connectivity index (χ3v) is 5.13. The van der Waals surface area contributed by atoms with Crippen LogP contribution in [0.2, 0.25) is 0 Å². The van der Waals surface area contributed by atoms with Crippen molar-refractivity contribution in [3.63, 3.8) is 0 Å². The number of carbonyl (C=O) groups is 2. The lowest BCUT2D eigenvalue weighted by Gasteiger charge is -2.22. The maximum absolute atomic E-state index is 12.6. The number of allylic oxidation sites excluding steroid dienone is 3. The second-order valence-electron chi connectivity index (χ2n) is 7.57. The monoisotopic (exact) mass is 514 g/mol. The van der Waals surface area contributed by atoms with E-state index in [0.29, 0.717) is 11.4 Å². The summed E-state index contributed by atoms with van der Waals surface area (Å²) in [6.07, 6.45) is 12.0. The molecule has 2 aromatic rings. The van der Waals surface area contributed by atoms with Gasteiger partial charge in [0, 0.05) is 30.8 Å². The van der Waals surface area contributed by atoms with Gasteiger partial charge in [-0.3, -0.25) is 19.3 Å². The number of ether oxygens (including phenoxy) is 1. The van der Waals surface area contributed by atoms with Crippen molar-refractivity contribution in [1.82, 2.24) is 14.7 Å². The topological polar surface area (TPSA) is 97.0 Å². The van der Waals surface area contributed by atoms with Crippen LogP contribution in [-0.2, 0) is 11.3 Å². The molecule has 206 valence electrons. The zero-order chi connectivity index (χ0) is 28.1. The van der Waals surface area contributed by atoms with Crippen LogP contribution in [0.3, 0.4) is 0 Å². The van der Waals surface area contributed by atoms with Gasteiger partial charge >= 0.3 is 0 Å². The van der Waals surface area contributed by atoms with Gasteiger partial charge in [0.15, 0.2) is 6.29 Å². The first-order valence-electron chi connectivity index (χ1n) is 13.3. The number of hydrogen-bond donors (Lipinski definition) is 1. The Balaban J connectivity index is 0.000000829. The van der Waals surface area contributed by atoms with E-state index in [2.05, 4.69) is 23.9 Å². The Morgan fingerprint density at radius 2 is 1.89 bits per heavy atom. The van der Waals surface area contributed by atoms with Gasteiger partial charge in [0.1, 0.15) is 18.0 Å². The van der Waals surface area contributed by atoms with E-state index in [1.807, 2.05) is 50.8 Å². The molecule has 1 aliphatic heterocycles. The number of amides is 1. The molecule has 37 heavy (non-hydrogen) atoms. The number of aromatic nitrogens is 2. The van der Waals surface area contributed by atoms with Crippen LogP contribution in [0.25, 0.3) is 10.9 Å². The summed E-state index contributed by atoms with van der Waals surface area (Å²) in [6, 6.07) is 5.39. The summed E-state index contributed by atoms with van der Waals surface area (Å²) in [5, 5.41) is 13.6. The lowest BCUT2D eigenvalue weighted by atomic mass is 10.2. The third-order valence-electron chi connectivity index (χ3n) is 5.13. The Kier molecular flexibility index (Phi) is 19.0. The molecule has 0 atom stereocenters. The molecule has 0 aliphatic carbocycles. The highest BCUT2D eigenvalue weighted by Gasteiger charge is 2.17. The smallest absolute Gasteiger partial charge is 0.244 e. The van der Waals surface area contributed by atoms with Crippen molar-refractivity contribution < 1.29 is 19.4 Å². The number of aliphatic imine (C=N–C) groups is 1. The summed E-state index contributed by atoms with van der Waals surface area (Å²) in [6.45, 7) is 13.8. The van der Waals surface area contributed by atoms with Crippen LogP contribution in [-0.4, -0.2) is 65.0 Å². The highest BCUT2D eigenvalue weighted by molar-refractivity contribution is 5.96. The van der Waals surface area contributed by atoms with Crippen molar-refractivity contribution in [2.45, 2.75) is 73.8 Å². The number of unbranched alkanes of at least 4 members (excludes halogenated alkanes) is 1. The lowest BCUT2D eigenvalue weighted by Crippen LogP contribution is -2.35. The second kappa shape index (κ2) is 20.9. The molecule has 0 saturated heterocycles. The number of hydrogen-bond acceptors (Lipinski definition) is 6. The largest absolute Gasteiger partial charge is 0.497 e. The highest BCUT2D eigenvalue weighted by atomic mass is 16.5. The molecule has 8 heteroatoms. The van der Waals surface area contributed by atoms with E-state index >= 15 is 0 Å². The molecule has 0 fully saturated rings. The van der Waals surface area contributed by atoms with E-state index in [1.54, 1.807) is 36.2 Å². The van der Waals surface area contributed by atoms with Crippen molar-refractivity contribution in [2.75, 3.05) is 26.8 Å². The normalized spacial score (nSPS) is 11.5. The van der Waals surface area contributed by atoms with Crippen LogP contribution in [0.4, 0.5) is 0 Å². The third kappa shape index (κ3) is 11.6. The Morgan fingerprint density at radius 3 is 2.49 bits per heavy atom. The Hall–Kier alpha value is -3.26. The minimum atomic E-state index is 0.0231. The van der Waals surface area contributed by atoms with Gasteiger partial charge in [0.05, 0.1) is 24.9 Å². The average Bonchev–Trinajstić information content (AvgIpc) is 3.10. The summed E-state index contributed by atoms with van der Waals surface area (Å²) >= 11 is 0. The molecule has 0 bridgehead atoms. The summed E-state index contributed by atoms with van der Waals surface area (Å²) in [7, 11) is 1.58. The van der Waals surface area contributed by atoms with Crippen molar-refractivity contribution in [1.29, 1.82) is 0 Å². The van der Waals surface area contributed by atoms with Gasteiger partial charge in [0.25, 0.3) is 0 Å². The molecular formula is C29H46N4O4. The molecule has 1 aliphatic rings. The molecule has 0 saturated carbocycles. The van der Waals surface area contributed by atoms with E-state index in [-0.39, 0.29) is 19.1 Å². The summed E-state index contributed by atoms with van der Waals surface area (Å²) < 4.78 is 6.84. The van der Waals surface area contributed by atoms with E-state index < -0.39 is 0 Å². The first kappa shape index (κ1) is 33.7. The predicted molar refractivity (Wildman–Crippen MR) is 154 cm³/mol. The van der Waals surface area contributed by atoms with Crippen LogP contribution >= 0.6 is 0 Å². The van der Waals surface area contributed by atoms with Crippen molar-refractivity contribution in [3.05, 3.63) is 47.8 Å². The fraction of sp³-hybridized carbons (Fsp3) is 0.517. The molecule has 1 N–H and O–H groups in total. The van der Waals surface area contributed by atoms with Crippen molar-refractivity contribution in [2.24, 2.45) is 4.99 Å². The van der Waals surface area contributed by atoms with Gasteiger partial charge in [0.2, 0.25) is 5.91 Å². The van der Waals surface area contributed by atoms with E-state index in [4.69, 9.17) is 9.84 Å². The number of aliphatic hydroxyl groups is 1. The molecule has 3 rings (SSSR count). The van der Waals surface area contributed by atoms with Crippen LogP contribution in [0.1, 0.15) is 77.7 Å². The van der Waals surface area contributed by atoms with Crippen molar-refractivity contribution in [3.8, 4) is 5.75 Å². The SMILES string of the molecule is CC.CC.CCCCN(CCC)C(=O)Cn1nc(C=O)c2ccc(OC)cc21.OCC1=CCC=CC=N1. The molecule has 8 nitrogen and oxygen atoms in total. The first-order valence-corrected chi connectivity index (χ1v) is 13.3. The molecule has 0 radical (unpaired) electrons. The standard InChI is InChI=1S/C18H25N3O3.C7H9NO.2C2H6/c1-4-6-10-20(9-5-2)18(23)12-21-17-11-14(24-3)7-8-15(17)16(13-22)19-21;9-6-7-4-2-1-3-5-8-7;2*1-2/h7-8,11,13H,4-6,9-10,12H2,1-3H3;1,3-5,9H,2,6H2;2*1-2H3. The number of aldehydes is 1. The summed E-state index contributed by atoms with van der Waals surface area (Å²) in [5.74, 6) is 0.694. The number of rotatable bonds is 10. The molecular weight excluding hydrogens is 468 g/mol. The fourth-order valence-electron chi connectivity index (χ4n) is 3.36. The number of methoxy groups -OCH3 is 1. The minimum absolute atomic E-state index is 0.0231. The molecule has 2 heterocycles. The second-order valence-corrected chi connectivity index (χ2v) is 7.57. The number of nitrogens with zero attached hydrogens (tertiary/aromatic N) is 4. The predicted octanol–water partition coefficient (Wildman–Crippen LogP) is 5.84. The molecule has 1 aromatic heterocycles. The van der Waals surface area contributed by atoms with Gasteiger partial charge in [-0.25, -0.2) is 0 Å². The van der Waals surface area contributed by atoms with Crippen LogP contribution < -0.4 is 4.74 Å². The van der Waals surface area contributed by atoms with E-state index in [0.717, 1.165) is 61.7 Å². The van der Waals surface area contributed by atoms with Crippen molar-refractivity contribution >= 4 is 29.3 Å². The lowest BCUT2D eigenvalue weighted by molar-refractivity contribution is -0.132. The van der Waals surface area contributed by atoms with Crippen LogP contribution in [0.5, 0.6) is 5.75 Å². The quantitative estimate of drug-likeness (QED) is 0.402. The minimum Gasteiger partial charge on any atom is -0.497 e. The molecule has 1 aromatic carbocycles. The van der Waals surface area contributed by atoms with Gasteiger partial charge in [-0.15, -0.1) is 0 Å². The van der Waals surface area contributed by atoms with Gasteiger partial charge < -0.3 is 14.7 Å². The Labute approximate surface area is 222 Å². The number of aliphatic hydroxyl groups excluding tert-OH is 1. The Morgan fingerprint density at radius 1 is 1.16 bits per heavy atom. The maximum Gasteiger partial charge on any atom is 0.244 e. The molecule has 0 spiro atoms. The van der Waals surface area contributed by atoms with E-state index in [1.165, 1.54) is 0 Å². The van der Waals surface area contributed by atoms with Gasteiger partial charge in [-0.2, -0.15) is 5.10 Å². The zero-order valence-electron chi connectivity index (χ0n) is 23.7. The number of benzene rings is 1. The fourth-order valence-corrected chi connectivity index (χ4v) is 3.36. The van der Waals surface area contributed by atoms with Gasteiger partial charge in [-0.05, 0) is 37.5 Å². The number of carbonyl (C=O) groups excluding carboxylic acids is 2. The zero-order valence-corrected chi connectivity index (χ0v) is 23.7. The highest BCUT2D eigenvalue weighted by Crippen LogP contribution is 2.23. The molecule has 0 unspecified atom stereocenters. The van der Waals surface area contributed by atoms with Gasteiger partial charge in [-0.1, -0.05) is 60.1 Å². The van der Waals surface area contributed by atoms with E-state index in [9.17, 15) is 9.59 Å². The number of fused-ring (bicyclic) bond motifs is 1. The average molecular weight is 515 g/mol. The molecule has 1 amide bonds. The first-order chi connectivity index (χ1) is 18.1. The summed E-state index contributed by atoms with van der Waals surface area (Å²) in [4.78, 5) is 29.7. The Bertz CT molecular complexity index is 1010. The van der Waals surface area contributed by atoms with Crippen LogP contribution in [0.15, 0.2) is 47.1 Å². The maximum atomic E-state index is 12.6. The van der Waals surface area contributed by atoms with Crippen LogP contribution in [0, 0.1) is 0 Å². The summed E-state index contributed by atoms with van der Waals surface area (Å²) in [5.41, 5.74) is 1.83.